The summed E-state index contributed by atoms with van der Waals surface area (Å²) in [6, 6.07) is 30.9. The monoisotopic (exact) mass is 349 g/mol. The summed E-state index contributed by atoms with van der Waals surface area (Å²) in [5.74, 6) is 0. The van der Waals surface area contributed by atoms with Gasteiger partial charge in [0.1, 0.15) is 0 Å². The highest BCUT2D eigenvalue weighted by molar-refractivity contribution is 7.17. The molecule has 0 N–H and O–H groups in total. The number of hydrogen-bond donors (Lipinski definition) is 0. The summed E-state index contributed by atoms with van der Waals surface area (Å²) in [5.41, 5.74) is 3.75. The predicted molar refractivity (Wildman–Crippen MR) is 114 cm³/mol. The molecule has 0 aliphatic carbocycles. The highest BCUT2D eigenvalue weighted by Crippen LogP contribution is 2.36. The number of hydrogen-bond acceptors (Lipinski definition) is 1. The van der Waals surface area contributed by atoms with Crippen molar-refractivity contribution in [3.63, 3.8) is 0 Å². The van der Waals surface area contributed by atoms with Crippen LogP contribution in [0.2, 0.25) is 0 Å². The lowest BCUT2D eigenvalue weighted by molar-refractivity contribution is 1.19. The lowest BCUT2D eigenvalue weighted by Crippen LogP contribution is -1.93. The number of rotatable bonds is 1. The van der Waals surface area contributed by atoms with Crippen LogP contribution in [0.3, 0.4) is 0 Å². The summed E-state index contributed by atoms with van der Waals surface area (Å²) in [7, 11) is 0. The van der Waals surface area contributed by atoms with Crippen LogP contribution in [0.4, 0.5) is 0 Å². The number of benzene rings is 4. The first-order valence-corrected chi connectivity index (χ1v) is 9.66. The molecule has 2 heteroatoms. The van der Waals surface area contributed by atoms with E-state index in [-0.39, 0.29) is 0 Å². The molecule has 0 spiro atoms. The van der Waals surface area contributed by atoms with E-state index in [1.54, 1.807) is 11.3 Å². The molecule has 0 aliphatic heterocycles. The van der Waals surface area contributed by atoms with Crippen molar-refractivity contribution < 1.29 is 0 Å². The summed E-state index contributed by atoms with van der Waals surface area (Å²) in [4.78, 5) is 0. The van der Waals surface area contributed by atoms with Crippen LogP contribution in [-0.4, -0.2) is 4.57 Å². The molecule has 0 unspecified atom stereocenters. The number of fused-ring (bicyclic) bond motifs is 5. The van der Waals surface area contributed by atoms with Gasteiger partial charge in [-0.3, -0.25) is 0 Å². The molecule has 26 heavy (non-hydrogen) atoms. The number of aromatic nitrogens is 1. The van der Waals surface area contributed by atoms with E-state index in [9.17, 15) is 0 Å². The Hall–Kier alpha value is -3.10. The number of thiophene rings is 1. The van der Waals surface area contributed by atoms with Gasteiger partial charge in [-0.05, 0) is 57.9 Å². The molecule has 1 nitrogen and oxygen atoms in total. The normalized spacial score (nSPS) is 11.8. The molecule has 0 saturated heterocycles. The van der Waals surface area contributed by atoms with Crippen LogP contribution in [0.25, 0.3) is 48.4 Å². The number of nitrogens with zero attached hydrogens (tertiary/aromatic N) is 1. The SMILES string of the molecule is c1ccc2cc(-n3c4ccccc4c4cc5ccsc5cc43)ccc2c1. The lowest BCUT2D eigenvalue weighted by atomic mass is 10.1. The maximum absolute atomic E-state index is 2.40. The van der Waals surface area contributed by atoms with Gasteiger partial charge >= 0.3 is 0 Å². The first kappa shape index (κ1) is 14.1. The molecule has 4 aromatic carbocycles. The molecule has 122 valence electrons. The third-order valence-electron chi connectivity index (χ3n) is 5.24. The molecule has 0 radical (unpaired) electrons. The van der Waals surface area contributed by atoms with Crippen LogP contribution >= 0.6 is 11.3 Å². The maximum Gasteiger partial charge on any atom is 0.0555 e. The van der Waals surface area contributed by atoms with Gasteiger partial charge in [-0.15, -0.1) is 11.3 Å². The Labute approximate surface area is 154 Å². The minimum absolute atomic E-state index is 1.21. The molecule has 2 aromatic heterocycles. The second-order valence-electron chi connectivity index (χ2n) is 6.71. The van der Waals surface area contributed by atoms with Gasteiger partial charge in [-0.25, -0.2) is 0 Å². The fraction of sp³-hybridized carbons (Fsp3) is 0. The Morgan fingerprint density at radius 1 is 0.577 bits per heavy atom. The Morgan fingerprint density at radius 3 is 2.38 bits per heavy atom. The first-order valence-electron chi connectivity index (χ1n) is 8.78. The van der Waals surface area contributed by atoms with E-state index in [4.69, 9.17) is 0 Å². The van der Waals surface area contributed by atoms with Gasteiger partial charge in [-0.2, -0.15) is 0 Å². The molecule has 0 atom stereocenters. The van der Waals surface area contributed by atoms with E-state index in [0.717, 1.165) is 0 Å². The van der Waals surface area contributed by atoms with Crippen LogP contribution in [0.5, 0.6) is 0 Å². The van der Waals surface area contributed by atoms with Gasteiger partial charge in [-0.1, -0.05) is 48.5 Å². The van der Waals surface area contributed by atoms with Crippen molar-refractivity contribution in [1.29, 1.82) is 0 Å². The van der Waals surface area contributed by atoms with Gasteiger partial charge in [0, 0.05) is 21.2 Å². The number of para-hydroxylation sites is 1. The molecule has 6 rings (SSSR count). The smallest absolute Gasteiger partial charge is 0.0555 e. The van der Waals surface area contributed by atoms with Crippen LogP contribution in [0.1, 0.15) is 0 Å². The minimum atomic E-state index is 1.21. The Kier molecular flexibility index (Phi) is 2.82. The fourth-order valence-corrected chi connectivity index (χ4v) is 4.82. The van der Waals surface area contributed by atoms with Crippen molar-refractivity contribution in [2.45, 2.75) is 0 Å². The van der Waals surface area contributed by atoms with Crippen molar-refractivity contribution in [2.24, 2.45) is 0 Å². The molecular weight excluding hydrogens is 334 g/mol. The zero-order valence-electron chi connectivity index (χ0n) is 14.0. The van der Waals surface area contributed by atoms with E-state index in [2.05, 4.69) is 94.9 Å². The van der Waals surface area contributed by atoms with E-state index >= 15 is 0 Å². The average Bonchev–Trinajstić information content (AvgIpc) is 3.27. The predicted octanol–water partition coefficient (Wildman–Crippen LogP) is 7.15. The van der Waals surface area contributed by atoms with Gasteiger partial charge in [0.25, 0.3) is 0 Å². The summed E-state index contributed by atoms with van der Waals surface area (Å²) in [6.45, 7) is 0. The third-order valence-corrected chi connectivity index (χ3v) is 6.12. The summed E-state index contributed by atoms with van der Waals surface area (Å²) in [6.07, 6.45) is 0. The fourth-order valence-electron chi connectivity index (χ4n) is 4.02. The van der Waals surface area contributed by atoms with Gasteiger partial charge in [0.05, 0.1) is 11.0 Å². The Morgan fingerprint density at radius 2 is 1.42 bits per heavy atom. The average molecular weight is 349 g/mol. The zero-order chi connectivity index (χ0) is 17.1. The van der Waals surface area contributed by atoms with Crippen molar-refractivity contribution in [2.75, 3.05) is 0 Å². The van der Waals surface area contributed by atoms with Crippen molar-refractivity contribution >= 4 is 54.0 Å². The largest absolute Gasteiger partial charge is 0.309 e. The van der Waals surface area contributed by atoms with Crippen LogP contribution < -0.4 is 0 Å². The van der Waals surface area contributed by atoms with E-state index < -0.39 is 0 Å². The van der Waals surface area contributed by atoms with Gasteiger partial charge in [0.15, 0.2) is 0 Å². The molecule has 0 aliphatic rings. The zero-order valence-corrected chi connectivity index (χ0v) is 14.8. The van der Waals surface area contributed by atoms with Gasteiger partial charge in [0.2, 0.25) is 0 Å². The summed E-state index contributed by atoms with van der Waals surface area (Å²) in [5, 5.41) is 8.67. The second-order valence-corrected chi connectivity index (χ2v) is 7.66. The molecule has 6 aromatic rings. The topological polar surface area (TPSA) is 4.93 Å². The molecule has 0 amide bonds. The van der Waals surface area contributed by atoms with Gasteiger partial charge < -0.3 is 4.57 Å². The van der Waals surface area contributed by atoms with E-state index in [1.165, 1.54) is 48.4 Å². The van der Waals surface area contributed by atoms with Crippen molar-refractivity contribution in [1.82, 2.24) is 4.57 Å². The molecule has 0 bridgehead atoms. The molecule has 0 fully saturated rings. The Bertz CT molecular complexity index is 1430. The highest BCUT2D eigenvalue weighted by Gasteiger charge is 2.13. The van der Waals surface area contributed by atoms with Crippen molar-refractivity contribution in [3.05, 3.63) is 90.3 Å². The Balaban J connectivity index is 1.79. The quantitative estimate of drug-likeness (QED) is 0.297. The standard InChI is InChI=1S/C24H15NS/c1-2-6-17-13-19(10-9-16(17)5-1)25-22-8-4-3-7-20(22)21-14-18-11-12-26-24(18)15-23(21)25/h1-15H. The van der Waals surface area contributed by atoms with E-state index in [1.807, 2.05) is 0 Å². The lowest BCUT2D eigenvalue weighted by Gasteiger charge is -2.09. The maximum atomic E-state index is 2.40. The highest BCUT2D eigenvalue weighted by atomic mass is 32.1. The van der Waals surface area contributed by atoms with Crippen LogP contribution in [0, 0.1) is 0 Å². The molecular formula is C24H15NS. The molecule has 0 saturated carbocycles. The summed E-state index contributed by atoms with van der Waals surface area (Å²) >= 11 is 1.81. The third kappa shape index (κ3) is 1.91. The first-order chi connectivity index (χ1) is 12.9. The van der Waals surface area contributed by atoms with Crippen molar-refractivity contribution in [3.8, 4) is 5.69 Å². The summed E-state index contributed by atoms with van der Waals surface area (Å²) < 4.78 is 3.73. The molecule has 2 heterocycles. The van der Waals surface area contributed by atoms with Crippen LogP contribution in [0.15, 0.2) is 90.3 Å². The minimum Gasteiger partial charge on any atom is -0.309 e. The second kappa shape index (κ2) is 5.20. The van der Waals surface area contributed by atoms with E-state index in [0.29, 0.717) is 0 Å². The van der Waals surface area contributed by atoms with Crippen LogP contribution in [-0.2, 0) is 0 Å².